The van der Waals surface area contributed by atoms with E-state index in [2.05, 4.69) is 76.5 Å². The minimum atomic E-state index is -0.475. The van der Waals surface area contributed by atoms with Gasteiger partial charge in [0.15, 0.2) is 0 Å². The molecule has 75 heavy (non-hydrogen) atoms. The Bertz CT molecular complexity index is 1290. The molecule has 0 bridgehead atoms. The molecular weight excluding hydrogens is 929 g/mol. The predicted octanol–water partition coefficient (Wildman–Crippen LogP) is 16.1. The van der Waals surface area contributed by atoms with Crippen molar-refractivity contribution in [2.75, 3.05) is 60.4 Å². The van der Waals surface area contributed by atoms with Gasteiger partial charge < -0.3 is 30.7 Å². The summed E-state index contributed by atoms with van der Waals surface area (Å²) in [7, 11) is 6.04. The molecule has 0 fully saturated rings. The number of nitrogens with one attached hydrogen (secondary N) is 3. The van der Waals surface area contributed by atoms with Crippen LogP contribution in [0.5, 0.6) is 0 Å². The van der Waals surface area contributed by atoms with Crippen LogP contribution in [-0.4, -0.2) is 111 Å². The molecule has 0 saturated carbocycles. The molecule has 0 heterocycles. The summed E-state index contributed by atoms with van der Waals surface area (Å²) in [5.74, 6) is 0.152. The van der Waals surface area contributed by atoms with Crippen molar-refractivity contribution in [3.8, 4) is 0 Å². The van der Waals surface area contributed by atoms with Crippen LogP contribution >= 0.6 is 0 Å². The zero-order chi connectivity index (χ0) is 55.4. The zero-order valence-electron chi connectivity index (χ0n) is 51.7. The second kappa shape index (κ2) is 53.8. The van der Waals surface area contributed by atoms with Crippen LogP contribution in [0.25, 0.3) is 0 Å². The third-order valence-corrected chi connectivity index (χ3v) is 15.6. The smallest absolute Gasteiger partial charge is 0.243 e. The molecule has 3 N–H and O–H groups in total. The number of carbonyl (C=O) groups is 4. The zero-order valence-corrected chi connectivity index (χ0v) is 51.7. The molecule has 0 aromatic carbocycles. The Kier molecular flexibility index (Phi) is 52.2. The summed E-state index contributed by atoms with van der Waals surface area (Å²) >= 11 is 0. The molecule has 2 atom stereocenters. The highest BCUT2D eigenvalue weighted by Gasteiger charge is 2.33. The van der Waals surface area contributed by atoms with E-state index in [1.54, 1.807) is 0 Å². The van der Waals surface area contributed by atoms with Crippen LogP contribution in [0.2, 0.25) is 0 Å². The molecule has 0 radical (unpaired) electrons. The van der Waals surface area contributed by atoms with Gasteiger partial charge in [-0.25, -0.2) is 0 Å². The molecular formula is C65H130N6O4. The fourth-order valence-corrected chi connectivity index (χ4v) is 11.0. The van der Waals surface area contributed by atoms with E-state index in [-0.39, 0.29) is 35.5 Å². The number of rotatable bonds is 57. The molecule has 4 amide bonds. The van der Waals surface area contributed by atoms with Gasteiger partial charge in [0.25, 0.3) is 0 Å². The van der Waals surface area contributed by atoms with Gasteiger partial charge in [0.05, 0.1) is 0 Å². The van der Waals surface area contributed by atoms with Gasteiger partial charge in [-0.2, -0.15) is 0 Å². The van der Waals surface area contributed by atoms with Crippen molar-refractivity contribution in [2.45, 2.75) is 323 Å². The van der Waals surface area contributed by atoms with Crippen molar-refractivity contribution in [1.82, 2.24) is 30.7 Å². The van der Waals surface area contributed by atoms with E-state index < -0.39 is 12.1 Å². The Morgan fingerprint density at radius 3 is 0.867 bits per heavy atom. The summed E-state index contributed by atoms with van der Waals surface area (Å²) in [5, 5.41) is 9.59. The molecule has 0 aliphatic rings. The highest BCUT2D eigenvalue weighted by molar-refractivity contribution is 5.88. The van der Waals surface area contributed by atoms with E-state index in [4.69, 9.17) is 0 Å². The fraction of sp³-hybridized carbons (Fsp3) is 0.938. The summed E-state index contributed by atoms with van der Waals surface area (Å²) < 4.78 is 0. The first-order chi connectivity index (χ1) is 36.4. The summed E-state index contributed by atoms with van der Waals surface area (Å²) in [6, 6.07) is -0.949. The Morgan fingerprint density at radius 2 is 0.600 bits per heavy atom. The molecule has 10 nitrogen and oxygen atoms in total. The van der Waals surface area contributed by atoms with Gasteiger partial charge in [0, 0.05) is 39.0 Å². The normalized spacial score (nSPS) is 12.5. The molecule has 0 aliphatic carbocycles. The average Bonchev–Trinajstić information content (AvgIpc) is 3.37. The highest BCUT2D eigenvalue weighted by Crippen LogP contribution is 2.20. The maximum atomic E-state index is 13.8. The van der Waals surface area contributed by atoms with Crippen LogP contribution in [0.15, 0.2) is 0 Å². The maximum Gasteiger partial charge on any atom is 0.243 e. The van der Waals surface area contributed by atoms with Crippen molar-refractivity contribution in [3.05, 3.63) is 0 Å². The lowest BCUT2D eigenvalue weighted by atomic mass is 9.99. The van der Waals surface area contributed by atoms with Gasteiger partial charge in [-0.1, -0.05) is 260 Å². The molecule has 0 aromatic heterocycles. The van der Waals surface area contributed by atoms with Crippen LogP contribution < -0.4 is 16.0 Å². The van der Waals surface area contributed by atoms with Gasteiger partial charge in [0.2, 0.25) is 23.6 Å². The topological polar surface area (TPSA) is 114 Å². The van der Waals surface area contributed by atoms with Gasteiger partial charge in [-0.05, 0) is 84.6 Å². The van der Waals surface area contributed by atoms with E-state index in [0.29, 0.717) is 39.0 Å². The lowest BCUT2D eigenvalue weighted by molar-refractivity contribution is -0.142. The van der Waals surface area contributed by atoms with Crippen LogP contribution in [0.3, 0.4) is 0 Å². The molecule has 0 spiro atoms. The van der Waals surface area contributed by atoms with E-state index >= 15 is 0 Å². The fourth-order valence-electron chi connectivity index (χ4n) is 11.0. The van der Waals surface area contributed by atoms with Gasteiger partial charge >= 0.3 is 0 Å². The monoisotopic (exact) mass is 1060 g/mol. The van der Waals surface area contributed by atoms with Crippen LogP contribution in [0, 0.1) is 11.8 Å². The minimum absolute atomic E-state index is 0.0141. The van der Waals surface area contributed by atoms with E-state index in [1.807, 2.05) is 16.8 Å². The molecule has 0 aromatic rings. The van der Waals surface area contributed by atoms with Crippen molar-refractivity contribution in [3.63, 3.8) is 0 Å². The van der Waals surface area contributed by atoms with E-state index in [1.165, 1.54) is 193 Å². The largest absolute Gasteiger partial charge is 0.354 e. The molecule has 0 rings (SSSR count). The lowest BCUT2D eigenvalue weighted by Gasteiger charge is -2.34. The van der Waals surface area contributed by atoms with Gasteiger partial charge in [-0.3, -0.25) is 19.2 Å². The second-order valence-corrected chi connectivity index (χ2v) is 24.0. The molecule has 444 valence electrons. The van der Waals surface area contributed by atoms with Crippen molar-refractivity contribution < 1.29 is 19.2 Å². The SMILES string of the molecule is CCCCCCCCCCCCCCCCCCCC(=O)N(CCCNC)C(C(=O)NCCCCCCNC(=O)C(C(C)C)N(CCCN(C)C)C(=O)CCCCCCCCCCCCCCCCCCC)C(C)C. The highest BCUT2D eigenvalue weighted by atomic mass is 16.2. The minimum Gasteiger partial charge on any atom is -0.354 e. The first kappa shape index (κ1) is 72.8. The van der Waals surface area contributed by atoms with Crippen molar-refractivity contribution in [1.29, 1.82) is 0 Å². The molecule has 10 heteroatoms. The summed E-state index contributed by atoms with van der Waals surface area (Å²) in [6.07, 6.45) is 51.0. The van der Waals surface area contributed by atoms with Crippen LogP contribution in [0.4, 0.5) is 0 Å². The van der Waals surface area contributed by atoms with Gasteiger partial charge in [0.1, 0.15) is 12.1 Å². The average molecular weight is 1060 g/mol. The first-order valence-electron chi connectivity index (χ1n) is 32.9. The van der Waals surface area contributed by atoms with Crippen molar-refractivity contribution in [2.24, 2.45) is 11.8 Å². The second-order valence-electron chi connectivity index (χ2n) is 24.0. The van der Waals surface area contributed by atoms with Crippen LogP contribution in [0.1, 0.15) is 311 Å². The Morgan fingerprint density at radius 1 is 0.333 bits per heavy atom. The van der Waals surface area contributed by atoms with E-state index in [0.717, 1.165) is 77.3 Å². The Balaban J connectivity index is 4.69. The molecule has 2 unspecified atom stereocenters. The van der Waals surface area contributed by atoms with Gasteiger partial charge in [-0.15, -0.1) is 0 Å². The number of hydrogen-bond donors (Lipinski definition) is 3. The third kappa shape index (κ3) is 43.4. The first-order valence-corrected chi connectivity index (χ1v) is 32.9. The number of nitrogens with zero attached hydrogens (tertiary/aromatic N) is 3. The molecule has 0 saturated heterocycles. The summed E-state index contributed by atoms with van der Waals surface area (Å²) in [6.45, 7) is 16.8. The standard InChI is InChI=1S/C65H130N6O4/c1-10-12-14-16-18-20-22-24-26-28-30-32-34-36-38-40-44-50-60(72)70(56-48-52-66-7)62(58(3)4)64(74)67-53-46-42-43-47-54-68-65(75)63(59(5)6)71(57-49-55-69(8)9)61(73)51-45-41-39-37-35-33-31-29-27-25-23-21-19-17-15-13-11-2/h58-59,62-63,66H,10-57H2,1-9H3,(H,67,74)(H,68,75). The number of amides is 4. The summed E-state index contributed by atoms with van der Waals surface area (Å²) in [5.41, 5.74) is 0. The maximum absolute atomic E-state index is 13.8. The number of unbranched alkanes of at least 4 members (excludes halogenated alkanes) is 35. The number of hydrogen-bond acceptors (Lipinski definition) is 6. The molecule has 0 aliphatic heterocycles. The summed E-state index contributed by atoms with van der Waals surface area (Å²) in [4.78, 5) is 60.9. The predicted molar refractivity (Wildman–Crippen MR) is 324 cm³/mol. The Hall–Kier alpha value is -2.20. The quantitative estimate of drug-likeness (QED) is 0.0523. The van der Waals surface area contributed by atoms with E-state index in [9.17, 15) is 19.2 Å². The van der Waals surface area contributed by atoms with Crippen molar-refractivity contribution >= 4 is 23.6 Å². The lowest BCUT2D eigenvalue weighted by Crippen LogP contribution is -2.53. The third-order valence-electron chi connectivity index (χ3n) is 15.6. The number of carbonyl (C=O) groups excluding carboxylic acids is 4. The Labute approximate surface area is 467 Å². The van der Waals surface area contributed by atoms with Crippen LogP contribution in [-0.2, 0) is 19.2 Å².